The molecule has 0 aliphatic carbocycles. The van der Waals surface area contributed by atoms with Gasteiger partial charge in [-0.05, 0) is 122 Å². The molecule has 10 rings (SSSR count). The number of hydrogen-bond acceptors (Lipinski definition) is 3. The molecule has 264 valence electrons. The second-order valence-corrected chi connectivity index (χ2v) is 14.0. The van der Waals surface area contributed by atoms with Gasteiger partial charge in [0.1, 0.15) is 5.52 Å². The van der Waals surface area contributed by atoms with Crippen LogP contribution in [0.1, 0.15) is 0 Å². The molecule has 0 unspecified atom stereocenters. The van der Waals surface area contributed by atoms with Crippen LogP contribution in [0, 0.1) is 0 Å². The van der Waals surface area contributed by atoms with Crippen LogP contribution in [0.15, 0.2) is 223 Å². The molecule has 0 saturated heterocycles. The van der Waals surface area contributed by atoms with Gasteiger partial charge < -0.3 is 9.32 Å². The lowest BCUT2D eigenvalue weighted by atomic mass is 9.89. The van der Waals surface area contributed by atoms with Crippen LogP contribution in [0.2, 0.25) is 0 Å². The van der Waals surface area contributed by atoms with Crippen LogP contribution in [-0.2, 0) is 0 Å². The van der Waals surface area contributed by atoms with Crippen LogP contribution < -0.4 is 4.90 Å². The highest BCUT2D eigenvalue weighted by atomic mass is 16.3. The molecule has 0 aliphatic rings. The Bertz CT molecular complexity index is 2910. The van der Waals surface area contributed by atoms with Crippen molar-refractivity contribution in [2.75, 3.05) is 4.90 Å². The van der Waals surface area contributed by atoms with E-state index in [1.54, 1.807) is 0 Å². The van der Waals surface area contributed by atoms with Crippen molar-refractivity contribution >= 4 is 38.9 Å². The lowest BCUT2D eigenvalue weighted by Crippen LogP contribution is -2.09. The average molecular weight is 717 g/mol. The Morgan fingerprint density at radius 1 is 0.321 bits per heavy atom. The summed E-state index contributed by atoms with van der Waals surface area (Å²) >= 11 is 0. The van der Waals surface area contributed by atoms with Gasteiger partial charge >= 0.3 is 0 Å². The first-order valence-electron chi connectivity index (χ1n) is 18.9. The summed E-state index contributed by atoms with van der Waals surface area (Å²) in [5, 5.41) is 2.46. The molecule has 1 aromatic heterocycles. The predicted molar refractivity (Wildman–Crippen MR) is 233 cm³/mol. The van der Waals surface area contributed by atoms with Crippen molar-refractivity contribution in [2.45, 2.75) is 0 Å². The van der Waals surface area contributed by atoms with E-state index >= 15 is 0 Å². The third-order valence-electron chi connectivity index (χ3n) is 10.5. The van der Waals surface area contributed by atoms with Crippen molar-refractivity contribution in [2.24, 2.45) is 0 Å². The first-order valence-corrected chi connectivity index (χ1v) is 18.9. The molecular weight excluding hydrogens is 681 g/mol. The largest absolute Gasteiger partial charge is 0.436 e. The van der Waals surface area contributed by atoms with Crippen LogP contribution in [0.4, 0.5) is 17.1 Å². The second kappa shape index (κ2) is 14.4. The Hall–Kier alpha value is -7.49. The summed E-state index contributed by atoms with van der Waals surface area (Å²) in [6, 6.07) is 77.1. The van der Waals surface area contributed by atoms with Crippen LogP contribution in [0.3, 0.4) is 0 Å². The Balaban J connectivity index is 0.947. The number of hydrogen-bond donors (Lipinski definition) is 0. The highest BCUT2D eigenvalue weighted by Gasteiger charge is 2.16. The number of oxazole rings is 1. The molecule has 0 atom stereocenters. The molecule has 0 fully saturated rings. The van der Waals surface area contributed by atoms with Crippen LogP contribution in [0.5, 0.6) is 0 Å². The molecule has 56 heavy (non-hydrogen) atoms. The number of anilines is 3. The number of benzene rings is 9. The van der Waals surface area contributed by atoms with E-state index in [4.69, 9.17) is 9.40 Å². The molecule has 1 heterocycles. The fourth-order valence-corrected chi connectivity index (χ4v) is 7.72. The van der Waals surface area contributed by atoms with Gasteiger partial charge in [-0.15, -0.1) is 0 Å². The third-order valence-corrected chi connectivity index (χ3v) is 10.5. The zero-order chi connectivity index (χ0) is 37.3. The summed E-state index contributed by atoms with van der Waals surface area (Å²) in [4.78, 5) is 7.22. The normalized spacial score (nSPS) is 11.2. The molecule has 9 aromatic carbocycles. The van der Waals surface area contributed by atoms with E-state index < -0.39 is 0 Å². The number of rotatable bonds is 8. The highest BCUT2D eigenvalue weighted by Crippen LogP contribution is 2.41. The molecule has 10 aromatic rings. The fraction of sp³-hybridized carbons (Fsp3) is 0. The number of fused-ring (bicyclic) bond motifs is 2. The fourth-order valence-electron chi connectivity index (χ4n) is 7.72. The standard InChI is InChI=1S/C53H36N2O/c1-3-15-44(16-4-1)55(45-17-5-2-6-18-45)46-32-29-39(30-33-46)48-20-10-12-22-50(48)49-21-11-9-19-47(49)38-24-26-40(27-25-38)53-54-51-36-43(31-34-52(51)56-53)42-28-23-37-13-7-8-14-41(37)35-42/h1-36H. The number of nitrogens with zero attached hydrogens (tertiary/aromatic N) is 2. The smallest absolute Gasteiger partial charge is 0.227 e. The van der Waals surface area contributed by atoms with E-state index in [-0.39, 0.29) is 0 Å². The first-order chi connectivity index (χ1) is 27.7. The topological polar surface area (TPSA) is 29.3 Å². The summed E-state index contributed by atoms with van der Waals surface area (Å²) in [5.74, 6) is 0.613. The van der Waals surface area contributed by atoms with Gasteiger partial charge in [0.05, 0.1) is 0 Å². The van der Waals surface area contributed by atoms with Gasteiger partial charge in [0.15, 0.2) is 5.58 Å². The molecule has 0 saturated carbocycles. The molecule has 3 heteroatoms. The minimum Gasteiger partial charge on any atom is -0.436 e. The van der Waals surface area contributed by atoms with E-state index in [0.717, 1.165) is 56.0 Å². The van der Waals surface area contributed by atoms with E-state index in [0.29, 0.717) is 5.89 Å². The summed E-state index contributed by atoms with van der Waals surface area (Å²) in [7, 11) is 0. The van der Waals surface area contributed by atoms with Crippen LogP contribution >= 0.6 is 0 Å². The molecule has 0 radical (unpaired) electrons. The molecule has 0 bridgehead atoms. The summed E-state index contributed by atoms with van der Waals surface area (Å²) < 4.78 is 6.28. The van der Waals surface area contributed by atoms with Gasteiger partial charge in [0.25, 0.3) is 0 Å². The predicted octanol–water partition coefficient (Wildman–Crippen LogP) is 14.8. The van der Waals surface area contributed by atoms with E-state index in [9.17, 15) is 0 Å². The molecular formula is C53H36N2O. The third kappa shape index (κ3) is 6.31. The van der Waals surface area contributed by atoms with Gasteiger partial charge in [-0.25, -0.2) is 4.98 Å². The maximum absolute atomic E-state index is 6.28. The molecule has 3 nitrogen and oxygen atoms in total. The molecule has 0 N–H and O–H groups in total. The second-order valence-electron chi connectivity index (χ2n) is 14.0. The van der Waals surface area contributed by atoms with Crippen molar-refractivity contribution < 1.29 is 4.42 Å². The maximum atomic E-state index is 6.28. The van der Waals surface area contributed by atoms with Crippen molar-refractivity contribution in [3.8, 4) is 56.0 Å². The van der Waals surface area contributed by atoms with Gasteiger partial charge in [-0.2, -0.15) is 0 Å². The summed E-state index contributed by atoms with van der Waals surface area (Å²) in [5.41, 5.74) is 15.2. The Morgan fingerprint density at radius 3 is 1.39 bits per heavy atom. The van der Waals surface area contributed by atoms with Gasteiger partial charge in [-0.1, -0.05) is 152 Å². The lowest BCUT2D eigenvalue weighted by Gasteiger charge is -2.25. The van der Waals surface area contributed by atoms with Gasteiger partial charge in [0, 0.05) is 22.6 Å². The minimum atomic E-state index is 0.613. The minimum absolute atomic E-state index is 0.613. The SMILES string of the molecule is c1ccc(N(c2ccccc2)c2ccc(-c3ccccc3-c3ccccc3-c3ccc(-c4nc5cc(-c6ccc7ccccc7c6)ccc5o4)cc3)cc2)cc1. The summed E-state index contributed by atoms with van der Waals surface area (Å²) in [6.45, 7) is 0. The summed E-state index contributed by atoms with van der Waals surface area (Å²) in [6.07, 6.45) is 0. The Labute approximate surface area is 326 Å². The maximum Gasteiger partial charge on any atom is 0.227 e. The van der Waals surface area contributed by atoms with Crippen molar-refractivity contribution in [1.29, 1.82) is 0 Å². The Kier molecular flexibility index (Phi) is 8.51. The van der Waals surface area contributed by atoms with Crippen molar-refractivity contribution in [3.63, 3.8) is 0 Å². The number of para-hydroxylation sites is 2. The quantitative estimate of drug-likeness (QED) is 0.157. The Morgan fingerprint density at radius 2 is 0.768 bits per heavy atom. The van der Waals surface area contributed by atoms with Crippen molar-refractivity contribution in [1.82, 2.24) is 4.98 Å². The first kappa shape index (κ1) is 33.1. The van der Waals surface area contributed by atoms with Crippen LogP contribution in [0.25, 0.3) is 77.8 Å². The van der Waals surface area contributed by atoms with Crippen molar-refractivity contribution in [3.05, 3.63) is 218 Å². The monoisotopic (exact) mass is 716 g/mol. The zero-order valence-electron chi connectivity index (χ0n) is 30.6. The highest BCUT2D eigenvalue weighted by molar-refractivity contribution is 5.93. The zero-order valence-corrected chi connectivity index (χ0v) is 30.6. The molecule has 0 spiro atoms. The van der Waals surface area contributed by atoms with E-state index in [2.05, 4.69) is 217 Å². The van der Waals surface area contributed by atoms with Gasteiger partial charge in [0.2, 0.25) is 5.89 Å². The van der Waals surface area contributed by atoms with Crippen LogP contribution in [-0.4, -0.2) is 4.98 Å². The molecule has 0 amide bonds. The van der Waals surface area contributed by atoms with E-state index in [1.165, 1.54) is 33.0 Å². The molecule has 0 aliphatic heterocycles. The number of aromatic nitrogens is 1. The van der Waals surface area contributed by atoms with E-state index in [1.807, 2.05) is 6.07 Å². The average Bonchev–Trinajstić information content (AvgIpc) is 3.71. The van der Waals surface area contributed by atoms with Gasteiger partial charge in [-0.3, -0.25) is 0 Å². The lowest BCUT2D eigenvalue weighted by molar-refractivity contribution is 0.620.